The van der Waals surface area contributed by atoms with Gasteiger partial charge in [0.05, 0.1) is 4.92 Å². The second-order valence-corrected chi connectivity index (χ2v) is 6.38. The van der Waals surface area contributed by atoms with Gasteiger partial charge in [-0.15, -0.1) is 0 Å². The van der Waals surface area contributed by atoms with Crippen molar-refractivity contribution in [2.24, 2.45) is 0 Å². The number of non-ortho nitro benzene ring substituents is 1. The van der Waals surface area contributed by atoms with Crippen molar-refractivity contribution in [1.29, 1.82) is 0 Å². The molecule has 0 radical (unpaired) electrons. The van der Waals surface area contributed by atoms with E-state index in [-0.39, 0.29) is 15.4 Å². The number of nitrogens with zero attached hydrogens (tertiary/aromatic N) is 1. The lowest BCUT2D eigenvalue weighted by Gasteiger charge is -2.12. The van der Waals surface area contributed by atoms with E-state index in [2.05, 4.69) is 50.7 Å². The summed E-state index contributed by atoms with van der Waals surface area (Å²) in [5, 5.41) is 10.6. The van der Waals surface area contributed by atoms with Crippen molar-refractivity contribution in [1.82, 2.24) is 0 Å². The van der Waals surface area contributed by atoms with Gasteiger partial charge in [0.2, 0.25) is 0 Å². The van der Waals surface area contributed by atoms with Crippen LogP contribution >= 0.6 is 38.5 Å². The average molecular weight is 432 g/mol. The highest BCUT2D eigenvalue weighted by molar-refractivity contribution is 14.1. The van der Waals surface area contributed by atoms with Crippen LogP contribution in [0.4, 0.5) is 5.69 Å². The molecule has 0 spiro atoms. The SMILES string of the molecule is O=[N+]([O-])c1ccc(CC(Br)c2ccccc2I)cc1. The van der Waals surface area contributed by atoms with E-state index in [0.29, 0.717) is 0 Å². The first kappa shape index (κ1) is 14.5. The Morgan fingerprint density at radius 1 is 1.16 bits per heavy atom. The summed E-state index contributed by atoms with van der Waals surface area (Å²) in [6.07, 6.45) is 0.804. The Balaban J connectivity index is 2.13. The Bertz CT molecular complexity index is 586. The number of rotatable bonds is 4. The second kappa shape index (κ2) is 6.47. The maximum absolute atomic E-state index is 10.6. The maximum atomic E-state index is 10.6. The van der Waals surface area contributed by atoms with E-state index in [0.717, 1.165) is 12.0 Å². The molecule has 0 aliphatic carbocycles. The van der Waals surface area contributed by atoms with E-state index in [1.54, 1.807) is 12.1 Å². The minimum atomic E-state index is -0.379. The summed E-state index contributed by atoms with van der Waals surface area (Å²) in [4.78, 5) is 10.4. The Morgan fingerprint density at radius 3 is 2.37 bits per heavy atom. The molecule has 0 aromatic heterocycles. The van der Waals surface area contributed by atoms with Crippen molar-refractivity contribution in [2.45, 2.75) is 11.2 Å². The maximum Gasteiger partial charge on any atom is 0.269 e. The Labute approximate surface area is 133 Å². The van der Waals surface area contributed by atoms with Crippen LogP contribution in [0.15, 0.2) is 48.5 Å². The topological polar surface area (TPSA) is 43.1 Å². The van der Waals surface area contributed by atoms with Crippen LogP contribution in [-0.2, 0) is 6.42 Å². The van der Waals surface area contributed by atoms with Crippen molar-refractivity contribution >= 4 is 44.2 Å². The van der Waals surface area contributed by atoms with Crippen molar-refractivity contribution in [3.8, 4) is 0 Å². The quantitative estimate of drug-likeness (QED) is 0.299. The van der Waals surface area contributed by atoms with Crippen LogP contribution in [-0.4, -0.2) is 4.92 Å². The molecule has 1 atom stereocenters. The van der Waals surface area contributed by atoms with Gasteiger partial charge in [-0.3, -0.25) is 10.1 Å². The lowest BCUT2D eigenvalue weighted by molar-refractivity contribution is -0.384. The van der Waals surface area contributed by atoms with Gasteiger partial charge >= 0.3 is 0 Å². The fourth-order valence-corrected chi connectivity index (χ4v) is 3.76. The first-order chi connectivity index (χ1) is 9.08. The highest BCUT2D eigenvalue weighted by atomic mass is 127. The predicted octanol–water partition coefficient (Wildman–Crippen LogP) is 4.88. The first-order valence-corrected chi connectivity index (χ1v) is 7.69. The lowest BCUT2D eigenvalue weighted by atomic mass is 10.0. The van der Waals surface area contributed by atoms with E-state index in [1.807, 2.05) is 24.3 Å². The summed E-state index contributed by atoms with van der Waals surface area (Å²) in [5.74, 6) is 0. The molecule has 0 fully saturated rings. The summed E-state index contributed by atoms with van der Waals surface area (Å²) in [6, 6.07) is 14.9. The zero-order valence-corrected chi connectivity index (χ0v) is 13.7. The fourth-order valence-electron chi connectivity index (χ4n) is 1.80. The van der Waals surface area contributed by atoms with Crippen LogP contribution in [0.5, 0.6) is 0 Å². The zero-order valence-electron chi connectivity index (χ0n) is 9.92. The van der Waals surface area contributed by atoms with E-state index < -0.39 is 0 Å². The number of nitro groups is 1. The van der Waals surface area contributed by atoms with Crippen molar-refractivity contribution in [3.05, 3.63) is 73.3 Å². The number of halogens is 2. The van der Waals surface area contributed by atoms with Crippen LogP contribution in [0.25, 0.3) is 0 Å². The average Bonchev–Trinajstić information content (AvgIpc) is 2.39. The van der Waals surface area contributed by atoms with E-state index >= 15 is 0 Å². The normalized spacial score (nSPS) is 12.1. The molecule has 0 N–H and O–H groups in total. The zero-order chi connectivity index (χ0) is 13.8. The molecule has 19 heavy (non-hydrogen) atoms. The number of hydrogen-bond acceptors (Lipinski definition) is 2. The van der Waals surface area contributed by atoms with E-state index in [4.69, 9.17) is 0 Å². The fraction of sp³-hybridized carbons (Fsp3) is 0.143. The molecule has 2 rings (SSSR count). The van der Waals surface area contributed by atoms with Crippen LogP contribution in [0.1, 0.15) is 16.0 Å². The Morgan fingerprint density at radius 2 is 1.79 bits per heavy atom. The van der Waals surface area contributed by atoms with Gasteiger partial charge in [0.25, 0.3) is 5.69 Å². The van der Waals surface area contributed by atoms with Gasteiger partial charge in [-0.1, -0.05) is 46.3 Å². The summed E-state index contributed by atoms with van der Waals surface area (Å²) in [5.41, 5.74) is 2.44. The molecule has 0 amide bonds. The van der Waals surface area contributed by atoms with Crippen LogP contribution in [0.2, 0.25) is 0 Å². The monoisotopic (exact) mass is 431 g/mol. The van der Waals surface area contributed by atoms with Crippen LogP contribution in [0, 0.1) is 13.7 Å². The molecular weight excluding hydrogens is 421 g/mol. The highest BCUT2D eigenvalue weighted by Gasteiger charge is 2.12. The largest absolute Gasteiger partial charge is 0.269 e. The molecule has 0 aliphatic rings. The molecule has 0 heterocycles. The number of nitro benzene ring substituents is 1. The molecular formula is C14H11BrINO2. The van der Waals surface area contributed by atoms with E-state index in [1.165, 1.54) is 9.13 Å². The molecule has 0 bridgehead atoms. The van der Waals surface area contributed by atoms with Gasteiger partial charge < -0.3 is 0 Å². The molecule has 0 saturated carbocycles. The second-order valence-electron chi connectivity index (χ2n) is 4.12. The van der Waals surface area contributed by atoms with Gasteiger partial charge in [-0.05, 0) is 46.2 Å². The lowest BCUT2D eigenvalue weighted by Crippen LogP contribution is -1.98. The summed E-state index contributed by atoms with van der Waals surface area (Å²) < 4.78 is 1.21. The smallest absolute Gasteiger partial charge is 0.258 e. The third kappa shape index (κ3) is 3.76. The van der Waals surface area contributed by atoms with E-state index in [9.17, 15) is 10.1 Å². The summed E-state index contributed by atoms with van der Waals surface area (Å²) in [7, 11) is 0. The number of hydrogen-bond donors (Lipinski definition) is 0. The first-order valence-electron chi connectivity index (χ1n) is 5.70. The molecule has 0 saturated heterocycles. The molecule has 2 aromatic carbocycles. The van der Waals surface area contributed by atoms with Gasteiger partial charge in [0.15, 0.2) is 0 Å². The van der Waals surface area contributed by atoms with Gasteiger partial charge in [0, 0.05) is 20.5 Å². The van der Waals surface area contributed by atoms with Crippen molar-refractivity contribution < 1.29 is 4.92 Å². The van der Waals surface area contributed by atoms with Crippen molar-refractivity contribution in [2.75, 3.05) is 0 Å². The Kier molecular flexibility index (Phi) is 4.93. The van der Waals surface area contributed by atoms with Crippen LogP contribution in [0.3, 0.4) is 0 Å². The summed E-state index contributed by atoms with van der Waals surface area (Å²) >= 11 is 6.00. The van der Waals surface area contributed by atoms with Crippen LogP contribution < -0.4 is 0 Å². The van der Waals surface area contributed by atoms with Gasteiger partial charge in [-0.25, -0.2) is 0 Å². The van der Waals surface area contributed by atoms with Crippen molar-refractivity contribution in [3.63, 3.8) is 0 Å². The third-order valence-electron chi connectivity index (χ3n) is 2.80. The number of alkyl halides is 1. The standard InChI is InChI=1S/C14H11BrINO2/c15-13(12-3-1-2-4-14(12)16)9-10-5-7-11(8-6-10)17(18)19/h1-8,13H,9H2. The molecule has 0 aliphatic heterocycles. The minimum Gasteiger partial charge on any atom is -0.258 e. The molecule has 2 aromatic rings. The Hall–Kier alpha value is -0.950. The molecule has 5 heteroatoms. The minimum absolute atomic E-state index is 0.129. The highest BCUT2D eigenvalue weighted by Crippen LogP contribution is 2.30. The molecule has 98 valence electrons. The summed E-state index contributed by atoms with van der Waals surface area (Å²) in [6.45, 7) is 0. The number of benzene rings is 2. The molecule has 3 nitrogen and oxygen atoms in total. The third-order valence-corrected chi connectivity index (χ3v) is 4.60. The van der Waals surface area contributed by atoms with Gasteiger partial charge in [0.1, 0.15) is 0 Å². The molecule has 1 unspecified atom stereocenters. The predicted molar refractivity (Wildman–Crippen MR) is 87.6 cm³/mol. The van der Waals surface area contributed by atoms with Gasteiger partial charge in [-0.2, -0.15) is 0 Å².